The lowest BCUT2D eigenvalue weighted by Crippen LogP contribution is -2.49. The molecule has 5 nitrogen and oxygen atoms in total. The molecule has 0 radical (unpaired) electrons. The van der Waals surface area contributed by atoms with Crippen molar-refractivity contribution < 1.29 is 4.74 Å². The standard InChI is InChI=1S/C17H22Br2N4OS/c1-16(2,3)12-13(18)23(14(19)21-12)11-8-25-15(20-11)22-7-10-5-6-17(4,9-22)24-10/h8,10H,5-7,9H2,1-4H3/t10-,17+/m0/s1. The van der Waals surface area contributed by atoms with E-state index in [1.165, 1.54) is 0 Å². The minimum Gasteiger partial charge on any atom is -0.368 e. The van der Waals surface area contributed by atoms with Gasteiger partial charge in [-0.15, -0.1) is 11.3 Å². The van der Waals surface area contributed by atoms with Gasteiger partial charge in [-0.3, -0.25) is 4.57 Å². The zero-order valence-corrected chi connectivity index (χ0v) is 18.8. The van der Waals surface area contributed by atoms with E-state index in [2.05, 4.69) is 74.8 Å². The molecule has 0 N–H and O–H groups in total. The zero-order valence-electron chi connectivity index (χ0n) is 14.8. The molecule has 8 heteroatoms. The number of aromatic nitrogens is 3. The van der Waals surface area contributed by atoms with Gasteiger partial charge in [-0.05, 0) is 51.6 Å². The fraction of sp³-hybridized carbons (Fsp3) is 0.647. The summed E-state index contributed by atoms with van der Waals surface area (Å²) in [6.45, 7) is 10.5. The van der Waals surface area contributed by atoms with E-state index < -0.39 is 0 Å². The number of hydrogen-bond donors (Lipinski definition) is 0. The molecule has 2 aliphatic heterocycles. The first-order valence-electron chi connectivity index (χ1n) is 8.49. The van der Waals surface area contributed by atoms with Crippen LogP contribution in [0.25, 0.3) is 5.82 Å². The van der Waals surface area contributed by atoms with Gasteiger partial charge < -0.3 is 9.64 Å². The quantitative estimate of drug-likeness (QED) is 0.601. The first-order chi connectivity index (χ1) is 11.7. The largest absolute Gasteiger partial charge is 0.368 e. The number of nitrogens with zero attached hydrogens (tertiary/aromatic N) is 4. The van der Waals surface area contributed by atoms with Crippen molar-refractivity contribution in [3.05, 3.63) is 20.4 Å². The van der Waals surface area contributed by atoms with Gasteiger partial charge in [0.1, 0.15) is 4.60 Å². The molecule has 0 amide bonds. The Hall–Kier alpha value is -0.440. The van der Waals surface area contributed by atoms with Crippen molar-refractivity contribution in [3.8, 4) is 5.82 Å². The van der Waals surface area contributed by atoms with Gasteiger partial charge >= 0.3 is 0 Å². The molecular formula is C17H22Br2N4OS. The molecule has 25 heavy (non-hydrogen) atoms. The van der Waals surface area contributed by atoms with Crippen LogP contribution >= 0.6 is 43.2 Å². The second-order valence-electron chi connectivity index (χ2n) is 8.20. The third-order valence-electron chi connectivity index (χ3n) is 4.87. The molecule has 2 aliphatic rings. The Morgan fingerprint density at radius 1 is 1.32 bits per heavy atom. The molecule has 0 saturated carbocycles. The second-order valence-corrected chi connectivity index (χ2v) is 10.5. The molecule has 0 aromatic carbocycles. The minimum absolute atomic E-state index is 0.0235. The van der Waals surface area contributed by atoms with E-state index in [1.807, 2.05) is 4.57 Å². The Labute approximate surface area is 169 Å². The maximum absolute atomic E-state index is 6.11. The first-order valence-corrected chi connectivity index (χ1v) is 11.0. The number of hydrogen-bond acceptors (Lipinski definition) is 5. The predicted molar refractivity (Wildman–Crippen MR) is 108 cm³/mol. The zero-order chi connectivity index (χ0) is 18.0. The van der Waals surface area contributed by atoms with Crippen LogP contribution in [-0.2, 0) is 10.2 Å². The highest BCUT2D eigenvalue weighted by molar-refractivity contribution is 9.11. The van der Waals surface area contributed by atoms with E-state index in [-0.39, 0.29) is 11.0 Å². The van der Waals surface area contributed by atoms with Crippen LogP contribution in [0, 0.1) is 0 Å². The summed E-state index contributed by atoms with van der Waals surface area (Å²) in [6.07, 6.45) is 2.63. The van der Waals surface area contributed by atoms with Crippen LogP contribution in [0.1, 0.15) is 46.2 Å². The van der Waals surface area contributed by atoms with E-state index in [0.717, 1.165) is 51.9 Å². The summed E-state index contributed by atoms with van der Waals surface area (Å²) >= 11 is 9.00. The molecular weight excluding hydrogens is 468 g/mol. The van der Waals surface area contributed by atoms with Gasteiger partial charge in [-0.25, -0.2) is 9.97 Å². The Bertz CT molecular complexity index is 812. The average molecular weight is 490 g/mol. The van der Waals surface area contributed by atoms with Crippen LogP contribution in [0.3, 0.4) is 0 Å². The number of rotatable bonds is 2. The number of fused-ring (bicyclic) bond motifs is 2. The molecule has 4 heterocycles. The summed E-state index contributed by atoms with van der Waals surface area (Å²) in [7, 11) is 0. The van der Waals surface area contributed by atoms with Crippen molar-refractivity contribution in [2.24, 2.45) is 0 Å². The molecule has 0 spiro atoms. The summed E-state index contributed by atoms with van der Waals surface area (Å²) < 4.78 is 9.87. The second kappa shape index (κ2) is 6.04. The molecule has 2 aromatic rings. The van der Waals surface area contributed by atoms with Gasteiger partial charge in [0.2, 0.25) is 0 Å². The number of anilines is 1. The molecule has 2 bridgehead atoms. The number of thiazole rings is 1. The van der Waals surface area contributed by atoms with Crippen molar-refractivity contribution in [1.29, 1.82) is 0 Å². The molecule has 4 rings (SSSR count). The fourth-order valence-electron chi connectivity index (χ4n) is 3.64. The molecule has 136 valence electrons. The monoisotopic (exact) mass is 488 g/mol. The summed E-state index contributed by atoms with van der Waals surface area (Å²) in [5.74, 6) is 0.894. The summed E-state index contributed by atoms with van der Waals surface area (Å²) in [5, 5.41) is 3.15. The average Bonchev–Trinajstić information content (AvgIpc) is 3.15. The number of morpholine rings is 1. The fourth-order valence-corrected chi connectivity index (χ4v) is 6.25. The molecule has 0 unspecified atom stereocenters. The van der Waals surface area contributed by atoms with Crippen molar-refractivity contribution in [1.82, 2.24) is 14.5 Å². The smallest absolute Gasteiger partial charge is 0.187 e. The van der Waals surface area contributed by atoms with Gasteiger partial charge in [0.25, 0.3) is 0 Å². The van der Waals surface area contributed by atoms with Gasteiger partial charge in [0.15, 0.2) is 15.7 Å². The van der Waals surface area contributed by atoms with Gasteiger partial charge in [0.05, 0.1) is 17.4 Å². The number of imidazole rings is 1. The summed E-state index contributed by atoms with van der Waals surface area (Å²) in [5.41, 5.74) is 0.958. The number of ether oxygens (including phenoxy) is 1. The van der Waals surface area contributed by atoms with Crippen LogP contribution < -0.4 is 4.90 Å². The Morgan fingerprint density at radius 2 is 2.08 bits per heavy atom. The highest BCUT2D eigenvalue weighted by atomic mass is 79.9. The van der Waals surface area contributed by atoms with Crippen molar-refractivity contribution in [2.45, 2.75) is 57.7 Å². The summed E-state index contributed by atoms with van der Waals surface area (Å²) in [6, 6.07) is 0. The summed E-state index contributed by atoms with van der Waals surface area (Å²) in [4.78, 5) is 12.0. The molecule has 2 fully saturated rings. The Morgan fingerprint density at radius 3 is 2.72 bits per heavy atom. The topological polar surface area (TPSA) is 43.2 Å². The third kappa shape index (κ3) is 3.19. The van der Waals surface area contributed by atoms with Gasteiger partial charge in [-0.1, -0.05) is 20.8 Å². The highest BCUT2D eigenvalue weighted by Gasteiger charge is 2.43. The van der Waals surface area contributed by atoms with E-state index in [9.17, 15) is 0 Å². The van der Waals surface area contributed by atoms with Crippen LogP contribution in [0.5, 0.6) is 0 Å². The van der Waals surface area contributed by atoms with Crippen molar-refractivity contribution in [3.63, 3.8) is 0 Å². The number of halogens is 2. The highest BCUT2D eigenvalue weighted by Crippen LogP contribution is 2.39. The van der Waals surface area contributed by atoms with Gasteiger partial charge in [0, 0.05) is 23.9 Å². The lowest BCUT2D eigenvalue weighted by Gasteiger charge is -2.38. The molecule has 2 aromatic heterocycles. The lowest BCUT2D eigenvalue weighted by atomic mass is 9.93. The van der Waals surface area contributed by atoms with Gasteiger partial charge in [-0.2, -0.15) is 0 Å². The lowest BCUT2D eigenvalue weighted by molar-refractivity contribution is -0.0405. The maximum atomic E-state index is 6.11. The Kier molecular flexibility index (Phi) is 4.34. The van der Waals surface area contributed by atoms with Crippen molar-refractivity contribution in [2.75, 3.05) is 18.0 Å². The normalized spacial score (nSPS) is 26.5. The molecule has 2 atom stereocenters. The molecule has 0 aliphatic carbocycles. The Balaban J connectivity index is 1.66. The van der Waals surface area contributed by atoms with Crippen LogP contribution in [0.15, 0.2) is 14.7 Å². The predicted octanol–water partition coefficient (Wildman–Crippen LogP) is 4.91. The first kappa shape index (κ1) is 17.9. The van der Waals surface area contributed by atoms with Crippen molar-refractivity contribution >= 4 is 48.3 Å². The third-order valence-corrected chi connectivity index (χ3v) is 7.02. The minimum atomic E-state index is -0.0382. The van der Waals surface area contributed by atoms with Crippen LogP contribution in [-0.4, -0.2) is 39.3 Å². The van der Waals surface area contributed by atoms with E-state index in [0.29, 0.717) is 6.10 Å². The van der Waals surface area contributed by atoms with Crippen LogP contribution in [0.2, 0.25) is 0 Å². The molecule has 2 saturated heterocycles. The maximum Gasteiger partial charge on any atom is 0.187 e. The van der Waals surface area contributed by atoms with Crippen LogP contribution in [0.4, 0.5) is 5.13 Å². The van der Waals surface area contributed by atoms with E-state index in [1.54, 1.807) is 11.3 Å². The SMILES string of the molecule is CC(C)(C)c1nc(Br)n(-c2csc(N3C[C@@H]4CC[C@](C)(C3)O4)n2)c1Br. The van der Waals surface area contributed by atoms with E-state index in [4.69, 9.17) is 9.72 Å². The van der Waals surface area contributed by atoms with E-state index >= 15 is 0 Å².